The van der Waals surface area contributed by atoms with Crippen molar-refractivity contribution in [3.8, 4) is 0 Å². The number of halogens is 2. The number of aryl methyl sites for hydroxylation is 1. The molecule has 4 heteroatoms. The van der Waals surface area contributed by atoms with E-state index in [-0.39, 0.29) is 5.82 Å². The molecular formula is C21H25ClFNO. The summed E-state index contributed by atoms with van der Waals surface area (Å²) in [6, 6.07) is 15.0. The molecule has 134 valence electrons. The van der Waals surface area contributed by atoms with Crippen LogP contribution < -0.4 is 0 Å². The summed E-state index contributed by atoms with van der Waals surface area (Å²) in [5, 5.41) is 11.4. The first-order chi connectivity index (χ1) is 12.0. The van der Waals surface area contributed by atoms with Crippen LogP contribution in [0.15, 0.2) is 48.5 Å². The quantitative estimate of drug-likeness (QED) is 0.796. The molecule has 0 aliphatic carbocycles. The van der Waals surface area contributed by atoms with Crippen molar-refractivity contribution >= 4 is 11.6 Å². The second kappa shape index (κ2) is 8.31. The number of piperidine rings is 1. The van der Waals surface area contributed by atoms with Crippen LogP contribution in [0.25, 0.3) is 0 Å². The smallest absolute Gasteiger partial charge is 0.124 e. The molecule has 0 saturated carbocycles. The molecule has 1 aliphatic rings. The molecule has 1 N–H and O–H groups in total. The lowest BCUT2D eigenvalue weighted by Gasteiger charge is -2.39. The van der Waals surface area contributed by atoms with Crippen LogP contribution in [0, 0.1) is 5.82 Å². The summed E-state index contributed by atoms with van der Waals surface area (Å²) in [6.07, 6.45) is 4.14. The average Bonchev–Trinajstić information content (AvgIpc) is 2.55. The molecule has 1 atom stereocenters. The zero-order valence-corrected chi connectivity index (χ0v) is 15.2. The highest BCUT2D eigenvalue weighted by Crippen LogP contribution is 2.28. The Morgan fingerprint density at radius 1 is 1.12 bits per heavy atom. The van der Waals surface area contributed by atoms with Gasteiger partial charge in [-0.25, -0.2) is 4.39 Å². The molecule has 2 aromatic carbocycles. The van der Waals surface area contributed by atoms with E-state index in [1.165, 1.54) is 17.7 Å². The fourth-order valence-corrected chi connectivity index (χ4v) is 4.01. The van der Waals surface area contributed by atoms with Crippen molar-refractivity contribution in [1.29, 1.82) is 0 Å². The zero-order valence-electron chi connectivity index (χ0n) is 14.4. The van der Waals surface area contributed by atoms with Crippen molar-refractivity contribution in [2.24, 2.45) is 0 Å². The monoisotopic (exact) mass is 361 g/mol. The van der Waals surface area contributed by atoms with Gasteiger partial charge in [-0.15, -0.1) is 0 Å². The number of benzene rings is 2. The van der Waals surface area contributed by atoms with E-state index in [9.17, 15) is 9.50 Å². The van der Waals surface area contributed by atoms with Gasteiger partial charge in [-0.1, -0.05) is 41.9 Å². The molecule has 0 spiro atoms. The minimum absolute atomic E-state index is 0.298. The van der Waals surface area contributed by atoms with Crippen molar-refractivity contribution < 1.29 is 9.50 Å². The van der Waals surface area contributed by atoms with Gasteiger partial charge in [0.1, 0.15) is 5.82 Å². The van der Waals surface area contributed by atoms with Gasteiger partial charge in [0.15, 0.2) is 0 Å². The Labute approximate surface area is 154 Å². The fourth-order valence-electron chi connectivity index (χ4n) is 3.76. The van der Waals surface area contributed by atoms with Gasteiger partial charge < -0.3 is 5.11 Å². The molecule has 0 amide bonds. The number of nitrogens with zero attached hydrogens (tertiary/aromatic N) is 1. The Kier molecular flexibility index (Phi) is 6.10. The van der Waals surface area contributed by atoms with Gasteiger partial charge in [0.05, 0.1) is 5.60 Å². The minimum atomic E-state index is -0.649. The van der Waals surface area contributed by atoms with Crippen LogP contribution in [0.4, 0.5) is 4.39 Å². The van der Waals surface area contributed by atoms with Crippen molar-refractivity contribution in [3.63, 3.8) is 0 Å². The predicted molar refractivity (Wildman–Crippen MR) is 100 cm³/mol. The molecule has 1 unspecified atom stereocenters. The third-order valence-corrected chi connectivity index (χ3v) is 5.13. The molecule has 1 heterocycles. The second-order valence-electron chi connectivity index (χ2n) is 7.16. The maximum Gasteiger partial charge on any atom is 0.124 e. The molecule has 1 saturated heterocycles. The maximum atomic E-state index is 13.4. The van der Waals surface area contributed by atoms with Crippen molar-refractivity contribution in [2.45, 2.75) is 44.2 Å². The summed E-state index contributed by atoms with van der Waals surface area (Å²) in [5.74, 6) is -0.298. The largest absolute Gasteiger partial charge is 0.389 e. The summed E-state index contributed by atoms with van der Waals surface area (Å²) in [5.41, 5.74) is 1.52. The first-order valence-corrected chi connectivity index (χ1v) is 9.34. The van der Waals surface area contributed by atoms with E-state index in [0.29, 0.717) is 11.6 Å². The van der Waals surface area contributed by atoms with E-state index in [1.807, 2.05) is 6.07 Å². The van der Waals surface area contributed by atoms with E-state index in [2.05, 4.69) is 29.2 Å². The van der Waals surface area contributed by atoms with E-state index in [0.717, 1.165) is 50.8 Å². The van der Waals surface area contributed by atoms with Gasteiger partial charge in [0.25, 0.3) is 0 Å². The summed E-state index contributed by atoms with van der Waals surface area (Å²) >= 11 is 5.91. The Morgan fingerprint density at radius 3 is 2.68 bits per heavy atom. The molecule has 0 aromatic heterocycles. The number of likely N-dealkylation sites (tertiary alicyclic amines) is 1. The summed E-state index contributed by atoms with van der Waals surface area (Å²) < 4.78 is 13.4. The number of aliphatic hydroxyl groups is 1. The Bertz CT molecular complexity index is 673. The average molecular weight is 362 g/mol. The van der Waals surface area contributed by atoms with E-state index >= 15 is 0 Å². The van der Waals surface area contributed by atoms with Gasteiger partial charge in [-0.05, 0) is 68.0 Å². The van der Waals surface area contributed by atoms with Crippen molar-refractivity contribution in [1.82, 2.24) is 4.90 Å². The molecule has 0 radical (unpaired) electrons. The molecule has 1 fully saturated rings. The maximum absolute atomic E-state index is 13.4. The third-order valence-electron chi connectivity index (χ3n) is 4.91. The highest BCUT2D eigenvalue weighted by Gasteiger charge is 2.32. The first-order valence-electron chi connectivity index (χ1n) is 8.96. The van der Waals surface area contributed by atoms with Crippen LogP contribution in [0.5, 0.6) is 0 Å². The van der Waals surface area contributed by atoms with E-state index in [4.69, 9.17) is 11.6 Å². The Balaban J connectivity index is 1.52. The molecular weight excluding hydrogens is 337 g/mol. The highest BCUT2D eigenvalue weighted by atomic mass is 35.5. The highest BCUT2D eigenvalue weighted by molar-refractivity contribution is 6.30. The summed E-state index contributed by atoms with van der Waals surface area (Å²) in [4.78, 5) is 2.33. The van der Waals surface area contributed by atoms with Crippen LogP contribution in [0.1, 0.15) is 36.8 Å². The second-order valence-corrected chi connectivity index (χ2v) is 7.59. The van der Waals surface area contributed by atoms with Gasteiger partial charge >= 0.3 is 0 Å². The predicted octanol–water partition coefficient (Wildman–Crippen LogP) is 4.83. The van der Waals surface area contributed by atoms with Crippen LogP contribution in [0.2, 0.25) is 5.02 Å². The van der Waals surface area contributed by atoms with Gasteiger partial charge in [0, 0.05) is 18.1 Å². The summed E-state index contributed by atoms with van der Waals surface area (Å²) in [7, 11) is 0. The molecule has 3 rings (SSSR count). The van der Waals surface area contributed by atoms with Gasteiger partial charge in [-0.2, -0.15) is 0 Å². The Hall–Kier alpha value is -1.42. The van der Waals surface area contributed by atoms with Crippen LogP contribution in [-0.2, 0) is 13.0 Å². The molecule has 2 aromatic rings. The van der Waals surface area contributed by atoms with E-state index in [1.54, 1.807) is 6.07 Å². The summed E-state index contributed by atoms with van der Waals surface area (Å²) in [6.45, 7) is 2.60. The zero-order chi connectivity index (χ0) is 17.7. The Morgan fingerprint density at radius 2 is 1.92 bits per heavy atom. The first kappa shape index (κ1) is 18.4. The van der Waals surface area contributed by atoms with Crippen molar-refractivity contribution in [3.05, 3.63) is 70.5 Å². The lowest BCUT2D eigenvalue weighted by Crippen LogP contribution is -2.47. The van der Waals surface area contributed by atoms with Gasteiger partial charge in [0.2, 0.25) is 0 Å². The minimum Gasteiger partial charge on any atom is -0.389 e. The molecule has 1 aliphatic heterocycles. The SMILES string of the molecule is OC1(CCCc2cc(F)cc(Cl)c2)CCCN(Cc2ccccc2)C1. The van der Waals surface area contributed by atoms with E-state index < -0.39 is 5.60 Å². The molecule has 2 nitrogen and oxygen atoms in total. The molecule has 0 bridgehead atoms. The van der Waals surface area contributed by atoms with Crippen LogP contribution >= 0.6 is 11.6 Å². The van der Waals surface area contributed by atoms with Crippen molar-refractivity contribution in [2.75, 3.05) is 13.1 Å². The lowest BCUT2D eigenvalue weighted by molar-refractivity contribution is -0.0404. The van der Waals surface area contributed by atoms with Crippen LogP contribution in [0.3, 0.4) is 0 Å². The normalized spacial score (nSPS) is 21.4. The fraction of sp³-hybridized carbons (Fsp3) is 0.429. The topological polar surface area (TPSA) is 23.5 Å². The lowest BCUT2D eigenvalue weighted by atomic mass is 9.87. The number of β-amino-alcohol motifs (C(OH)–C–C–N with tert-alkyl or cyclic N) is 1. The van der Waals surface area contributed by atoms with Gasteiger partial charge in [-0.3, -0.25) is 4.90 Å². The third kappa shape index (κ3) is 5.53. The van der Waals surface area contributed by atoms with Crippen LogP contribution in [-0.4, -0.2) is 28.7 Å². The molecule has 25 heavy (non-hydrogen) atoms. The number of hydrogen-bond acceptors (Lipinski definition) is 2. The number of rotatable bonds is 6. The standard InChI is InChI=1S/C21H25ClFNO/c22-19-12-18(13-20(23)14-19)8-4-9-21(25)10-5-11-24(16-21)15-17-6-2-1-3-7-17/h1-3,6-7,12-14,25H,4-5,8-11,15-16H2. The number of hydrogen-bond donors (Lipinski definition) is 1.